The second kappa shape index (κ2) is 6.39. The molecule has 0 spiro atoms. The van der Waals surface area contributed by atoms with E-state index in [1.54, 1.807) is 6.92 Å². The summed E-state index contributed by atoms with van der Waals surface area (Å²) in [5.41, 5.74) is 0.277. The third-order valence-corrected chi connectivity index (χ3v) is 3.45. The lowest BCUT2D eigenvalue weighted by atomic mass is 9.92. The number of hydrogen-bond acceptors (Lipinski definition) is 7. The van der Waals surface area contributed by atoms with E-state index in [0.29, 0.717) is 30.1 Å². The van der Waals surface area contributed by atoms with Gasteiger partial charge in [0.1, 0.15) is 5.52 Å². The van der Waals surface area contributed by atoms with Gasteiger partial charge in [-0.15, -0.1) is 0 Å². The van der Waals surface area contributed by atoms with E-state index < -0.39 is 10.3 Å². The average Bonchev–Trinajstić information content (AvgIpc) is 2.87. The Bertz CT molecular complexity index is 666. The van der Waals surface area contributed by atoms with Crippen molar-refractivity contribution in [3.63, 3.8) is 0 Å². The number of aromatic nitrogens is 1. The van der Waals surface area contributed by atoms with E-state index >= 15 is 0 Å². The Morgan fingerprint density at radius 3 is 2.68 bits per heavy atom. The van der Waals surface area contributed by atoms with Crippen molar-refractivity contribution in [1.29, 1.82) is 0 Å². The Labute approximate surface area is 127 Å². The van der Waals surface area contributed by atoms with Crippen LogP contribution in [0.3, 0.4) is 0 Å². The Hall–Kier alpha value is -2.03. The first-order chi connectivity index (χ1) is 10.4. The molecule has 0 saturated heterocycles. The van der Waals surface area contributed by atoms with Crippen molar-refractivity contribution in [1.82, 2.24) is 9.88 Å². The van der Waals surface area contributed by atoms with Crippen LogP contribution >= 0.6 is 0 Å². The third kappa shape index (κ3) is 3.59. The topological polar surface area (TPSA) is 113 Å². The van der Waals surface area contributed by atoms with Crippen molar-refractivity contribution >= 4 is 16.8 Å². The standard InChI is InChI=1S/C14H19N3O5/c1-14(8-18,9-19)7-16(2)6-13-15-11-5-10(17(20)21)3-4-12(11)22-13/h3-5,18-19H,6-9H2,1-2H3. The number of non-ortho nitro benzene ring substituents is 1. The minimum atomic E-state index is -0.612. The van der Waals surface area contributed by atoms with Crippen LogP contribution < -0.4 is 0 Å². The van der Waals surface area contributed by atoms with Crippen LogP contribution in [-0.2, 0) is 6.54 Å². The van der Waals surface area contributed by atoms with Gasteiger partial charge < -0.3 is 14.6 Å². The first-order valence-corrected chi connectivity index (χ1v) is 6.81. The van der Waals surface area contributed by atoms with E-state index in [-0.39, 0.29) is 18.9 Å². The van der Waals surface area contributed by atoms with E-state index in [2.05, 4.69) is 4.98 Å². The molecule has 0 unspecified atom stereocenters. The van der Waals surface area contributed by atoms with Gasteiger partial charge in [0.2, 0.25) is 5.89 Å². The number of hydrogen-bond donors (Lipinski definition) is 2. The van der Waals surface area contributed by atoms with Crippen LogP contribution in [0.25, 0.3) is 11.1 Å². The van der Waals surface area contributed by atoms with Gasteiger partial charge in [-0.1, -0.05) is 6.92 Å². The predicted molar refractivity (Wildman–Crippen MR) is 79.3 cm³/mol. The highest BCUT2D eigenvalue weighted by molar-refractivity contribution is 5.75. The van der Waals surface area contributed by atoms with Gasteiger partial charge in [0.05, 0.1) is 24.7 Å². The van der Waals surface area contributed by atoms with Gasteiger partial charge in [0, 0.05) is 24.1 Å². The number of aliphatic hydroxyl groups excluding tert-OH is 2. The van der Waals surface area contributed by atoms with Crippen molar-refractivity contribution in [2.45, 2.75) is 13.5 Å². The van der Waals surface area contributed by atoms with Crippen LogP contribution in [-0.4, -0.2) is 51.8 Å². The molecule has 0 atom stereocenters. The summed E-state index contributed by atoms with van der Waals surface area (Å²) in [4.78, 5) is 16.4. The second-order valence-corrected chi connectivity index (χ2v) is 5.82. The maximum absolute atomic E-state index is 10.7. The minimum absolute atomic E-state index is 0.0335. The number of aliphatic hydroxyl groups is 2. The quantitative estimate of drug-likeness (QED) is 0.582. The molecule has 0 bridgehead atoms. The summed E-state index contributed by atoms with van der Waals surface area (Å²) in [6.45, 7) is 2.34. The van der Waals surface area contributed by atoms with Gasteiger partial charge >= 0.3 is 0 Å². The molecule has 0 aliphatic rings. The molecular weight excluding hydrogens is 290 g/mol. The molecule has 1 aromatic carbocycles. The SMILES string of the molecule is CN(Cc1nc2cc([N+](=O)[O-])ccc2o1)CC(C)(CO)CO. The number of benzene rings is 1. The molecule has 2 aromatic rings. The van der Waals surface area contributed by atoms with Crippen LogP contribution in [0, 0.1) is 15.5 Å². The minimum Gasteiger partial charge on any atom is -0.439 e. The Morgan fingerprint density at radius 2 is 2.09 bits per heavy atom. The van der Waals surface area contributed by atoms with Gasteiger partial charge in [0.25, 0.3) is 5.69 Å². The van der Waals surface area contributed by atoms with E-state index in [4.69, 9.17) is 4.42 Å². The molecule has 1 aromatic heterocycles. The molecule has 8 nitrogen and oxygen atoms in total. The van der Waals surface area contributed by atoms with Gasteiger partial charge in [-0.3, -0.25) is 15.0 Å². The van der Waals surface area contributed by atoms with Crippen molar-refractivity contribution in [2.75, 3.05) is 26.8 Å². The van der Waals surface area contributed by atoms with Crippen molar-refractivity contribution in [2.24, 2.45) is 5.41 Å². The Balaban J connectivity index is 2.13. The number of nitrogens with zero attached hydrogens (tertiary/aromatic N) is 3. The van der Waals surface area contributed by atoms with Crippen LogP contribution in [0.15, 0.2) is 22.6 Å². The van der Waals surface area contributed by atoms with E-state index in [1.807, 2.05) is 11.9 Å². The zero-order valence-corrected chi connectivity index (χ0v) is 12.5. The lowest BCUT2D eigenvalue weighted by molar-refractivity contribution is -0.384. The number of nitro groups is 1. The fraction of sp³-hybridized carbons (Fsp3) is 0.500. The lowest BCUT2D eigenvalue weighted by Gasteiger charge is -2.29. The number of fused-ring (bicyclic) bond motifs is 1. The number of rotatable bonds is 7. The Morgan fingerprint density at radius 1 is 1.41 bits per heavy atom. The summed E-state index contributed by atoms with van der Waals surface area (Å²) < 4.78 is 5.55. The Kier molecular flexibility index (Phi) is 4.74. The molecule has 22 heavy (non-hydrogen) atoms. The molecular formula is C14H19N3O5. The highest BCUT2D eigenvalue weighted by Gasteiger charge is 2.25. The molecule has 2 rings (SSSR count). The molecule has 0 radical (unpaired) electrons. The maximum Gasteiger partial charge on any atom is 0.271 e. The molecule has 8 heteroatoms. The largest absolute Gasteiger partial charge is 0.439 e. The second-order valence-electron chi connectivity index (χ2n) is 5.82. The summed E-state index contributed by atoms with van der Waals surface area (Å²) >= 11 is 0. The molecule has 0 fully saturated rings. The maximum atomic E-state index is 10.7. The van der Waals surface area contributed by atoms with Crippen LogP contribution in [0.2, 0.25) is 0 Å². The van der Waals surface area contributed by atoms with Crippen LogP contribution in [0.4, 0.5) is 5.69 Å². The molecule has 2 N–H and O–H groups in total. The smallest absolute Gasteiger partial charge is 0.271 e. The van der Waals surface area contributed by atoms with Gasteiger partial charge in [-0.25, -0.2) is 4.98 Å². The summed E-state index contributed by atoms with van der Waals surface area (Å²) in [5.74, 6) is 0.427. The molecule has 0 aliphatic heterocycles. The summed E-state index contributed by atoms with van der Waals surface area (Å²) in [5, 5.41) is 29.4. The summed E-state index contributed by atoms with van der Waals surface area (Å²) in [7, 11) is 1.82. The highest BCUT2D eigenvalue weighted by atomic mass is 16.6. The first-order valence-electron chi connectivity index (χ1n) is 6.81. The molecule has 0 aliphatic carbocycles. The van der Waals surface area contributed by atoms with E-state index in [0.717, 1.165) is 0 Å². The van der Waals surface area contributed by atoms with Crippen LogP contribution in [0.5, 0.6) is 0 Å². The fourth-order valence-electron chi connectivity index (χ4n) is 2.23. The zero-order valence-electron chi connectivity index (χ0n) is 12.5. The summed E-state index contributed by atoms with van der Waals surface area (Å²) in [6, 6.07) is 4.26. The molecule has 120 valence electrons. The van der Waals surface area contributed by atoms with Crippen molar-refractivity contribution in [3.8, 4) is 0 Å². The number of oxazole rings is 1. The number of nitro benzene ring substituents is 1. The van der Waals surface area contributed by atoms with Crippen LogP contribution in [0.1, 0.15) is 12.8 Å². The molecule has 0 amide bonds. The van der Waals surface area contributed by atoms with Gasteiger partial charge in [-0.05, 0) is 13.1 Å². The van der Waals surface area contributed by atoms with E-state index in [1.165, 1.54) is 18.2 Å². The molecule has 1 heterocycles. The average molecular weight is 309 g/mol. The highest BCUT2D eigenvalue weighted by Crippen LogP contribution is 2.23. The predicted octanol–water partition coefficient (Wildman–Crippen LogP) is 1.16. The third-order valence-electron chi connectivity index (χ3n) is 3.45. The monoisotopic (exact) mass is 309 g/mol. The zero-order chi connectivity index (χ0) is 16.3. The molecule has 0 saturated carbocycles. The normalized spacial score (nSPS) is 12.2. The summed E-state index contributed by atoms with van der Waals surface area (Å²) in [6.07, 6.45) is 0. The van der Waals surface area contributed by atoms with Crippen molar-refractivity contribution in [3.05, 3.63) is 34.2 Å². The lowest BCUT2D eigenvalue weighted by Crippen LogP contribution is -2.38. The van der Waals surface area contributed by atoms with Gasteiger partial charge in [0.15, 0.2) is 5.58 Å². The van der Waals surface area contributed by atoms with Gasteiger partial charge in [-0.2, -0.15) is 0 Å². The van der Waals surface area contributed by atoms with E-state index in [9.17, 15) is 20.3 Å². The van der Waals surface area contributed by atoms with Crippen molar-refractivity contribution < 1.29 is 19.6 Å². The fourth-order valence-corrected chi connectivity index (χ4v) is 2.23. The first kappa shape index (κ1) is 16.3.